The number of alkyl halides is 5. The first-order valence-electron chi connectivity index (χ1n) is 7.87. The average Bonchev–Trinajstić information content (AvgIpc) is 3.01. The second-order valence-electron chi connectivity index (χ2n) is 5.76. The van der Waals surface area contributed by atoms with Gasteiger partial charge in [0.25, 0.3) is 0 Å². The third-order valence-corrected chi connectivity index (χ3v) is 5.31. The van der Waals surface area contributed by atoms with Crippen LogP contribution in [0.5, 0.6) is 0 Å². The van der Waals surface area contributed by atoms with E-state index in [0.717, 1.165) is 10.8 Å². The Balaban J connectivity index is 2.01. The maximum absolute atomic E-state index is 13.3. The molecule has 3 aromatic heterocycles. The summed E-state index contributed by atoms with van der Waals surface area (Å²) >= 11 is 0. The van der Waals surface area contributed by atoms with E-state index in [0.29, 0.717) is 27.4 Å². The molecule has 0 aliphatic rings. The van der Waals surface area contributed by atoms with Crippen LogP contribution in [0.2, 0.25) is 0 Å². The lowest BCUT2D eigenvalue weighted by atomic mass is 10.2. The number of halogens is 5. The predicted octanol–water partition coefficient (Wildman–Crippen LogP) is 4.42. The highest BCUT2D eigenvalue weighted by molar-refractivity contribution is 7.85. The number of pyridine rings is 2. The fourth-order valence-corrected chi connectivity index (χ4v) is 3.50. The zero-order chi connectivity index (χ0) is 19.8. The van der Waals surface area contributed by atoms with E-state index in [1.165, 1.54) is 24.5 Å². The molecule has 3 rings (SSSR count). The van der Waals surface area contributed by atoms with Crippen LogP contribution in [0.1, 0.15) is 6.92 Å². The Kier molecular flexibility index (Phi) is 5.02. The summed E-state index contributed by atoms with van der Waals surface area (Å²) in [6.07, 6.45) is -1.76. The lowest BCUT2D eigenvalue weighted by molar-refractivity contribution is -0.286. The molecular weight excluding hydrogens is 389 g/mol. The summed E-state index contributed by atoms with van der Waals surface area (Å²) in [6, 6.07) is 6.24. The van der Waals surface area contributed by atoms with Crippen LogP contribution < -0.4 is 0 Å². The zero-order valence-corrected chi connectivity index (χ0v) is 14.8. The molecule has 27 heavy (non-hydrogen) atoms. The molecule has 0 fully saturated rings. The van der Waals surface area contributed by atoms with Crippen LogP contribution in [0.25, 0.3) is 22.3 Å². The number of hydrogen-bond donors (Lipinski definition) is 0. The molecule has 0 saturated carbocycles. The molecule has 1 unspecified atom stereocenters. The number of aromatic nitrogens is 3. The molecule has 0 N–H and O–H groups in total. The molecule has 3 aromatic rings. The van der Waals surface area contributed by atoms with Crippen LogP contribution >= 0.6 is 0 Å². The first-order valence-corrected chi connectivity index (χ1v) is 9.19. The topological polar surface area (TPSA) is 47.8 Å². The van der Waals surface area contributed by atoms with Crippen molar-refractivity contribution in [2.75, 3.05) is 5.75 Å². The SMILES string of the molecule is CCS(=O)c1cccnc1-c1cc2ccn(CC(F)(F)C(F)(F)F)c2cn1. The van der Waals surface area contributed by atoms with Crippen molar-refractivity contribution in [3.05, 3.63) is 42.9 Å². The van der Waals surface area contributed by atoms with Gasteiger partial charge in [0.2, 0.25) is 0 Å². The van der Waals surface area contributed by atoms with Crippen LogP contribution in [-0.2, 0) is 17.3 Å². The molecule has 0 spiro atoms. The Morgan fingerprint density at radius 3 is 2.56 bits per heavy atom. The van der Waals surface area contributed by atoms with Gasteiger partial charge in [0.1, 0.15) is 5.69 Å². The predicted molar refractivity (Wildman–Crippen MR) is 90.9 cm³/mol. The van der Waals surface area contributed by atoms with Crippen LogP contribution in [0.4, 0.5) is 22.0 Å². The van der Waals surface area contributed by atoms with Gasteiger partial charge in [-0.1, -0.05) is 6.92 Å². The Morgan fingerprint density at radius 1 is 1.15 bits per heavy atom. The number of rotatable bonds is 5. The van der Waals surface area contributed by atoms with Gasteiger partial charge >= 0.3 is 12.1 Å². The summed E-state index contributed by atoms with van der Waals surface area (Å²) in [5.41, 5.74) is 0.880. The highest BCUT2D eigenvalue weighted by atomic mass is 32.2. The normalized spacial score (nSPS) is 13.9. The minimum atomic E-state index is -5.63. The minimum Gasteiger partial charge on any atom is -0.340 e. The molecule has 0 bridgehead atoms. The molecule has 0 amide bonds. The molecule has 0 aromatic carbocycles. The summed E-state index contributed by atoms with van der Waals surface area (Å²) in [4.78, 5) is 8.81. The molecule has 0 aliphatic heterocycles. The summed E-state index contributed by atoms with van der Waals surface area (Å²) < 4.78 is 77.0. The molecule has 0 radical (unpaired) electrons. The third kappa shape index (κ3) is 3.71. The molecule has 10 heteroatoms. The Hall–Kier alpha value is -2.36. The van der Waals surface area contributed by atoms with Gasteiger partial charge in [-0.05, 0) is 24.3 Å². The van der Waals surface area contributed by atoms with Gasteiger partial charge in [-0.3, -0.25) is 14.2 Å². The zero-order valence-electron chi connectivity index (χ0n) is 14.0. The number of hydrogen-bond acceptors (Lipinski definition) is 3. The smallest absolute Gasteiger partial charge is 0.340 e. The van der Waals surface area contributed by atoms with Crippen molar-refractivity contribution in [2.45, 2.75) is 30.5 Å². The second-order valence-corrected chi connectivity index (χ2v) is 7.47. The Labute approximate surface area is 153 Å². The highest BCUT2D eigenvalue weighted by Gasteiger charge is 2.57. The molecule has 0 saturated heterocycles. The van der Waals surface area contributed by atoms with Crippen molar-refractivity contribution >= 4 is 21.7 Å². The van der Waals surface area contributed by atoms with Gasteiger partial charge in [-0.25, -0.2) is 0 Å². The van der Waals surface area contributed by atoms with Crippen LogP contribution in [0.15, 0.2) is 47.8 Å². The first kappa shape index (κ1) is 19.4. The minimum absolute atomic E-state index is 0.136. The standard InChI is InChI=1S/C17H14F5N3OS/c1-2-27(26)14-4-3-6-23-15(14)12-8-11-5-7-25(13(11)9-24-12)10-16(18,19)17(20,21)22/h3-9H,2,10H2,1H3. The van der Waals surface area contributed by atoms with E-state index >= 15 is 0 Å². The van der Waals surface area contributed by atoms with Crippen molar-refractivity contribution in [3.8, 4) is 11.4 Å². The quantitative estimate of drug-likeness (QED) is 0.593. The van der Waals surface area contributed by atoms with Crippen molar-refractivity contribution in [1.82, 2.24) is 14.5 Å². The number of nitrogens with zero attached hydrogens (tertiary/aromatic N) is 3. The van der Waals surface area contributed by atoms with Gasteiger partial charge in [-0.15, -0.1) is 0 Å². The van der Waals surface area contributed by atoms with Crippen LogP contribution in [0, 0.1) is 0 Å². The lowest BCUT2D eigenvalue weighted by Crippen LogP contribution is -2.40. The fraction of sp³-hybridized carbons (Fsp3) is 0.294. The van der Waals surface area contributed by atoms with E-state index in [-0.39, 0.29) is 5.52 Å². The fourth-order valence-electron chi connectivity index (χ4n) is 2.58. The summed E-state index contributed by atoms with van der Waals surface area (Å²) in [7, 11) is -1.29. The molecule has 4 nitrogen and oxygen atoms in total. The monoisotopic (exact) mass is 403 g/mol. The first-order chi connectivity index (χ1) is 12.6. The van der Waals surface area contributed by atoms with Crippen molar-refractivity contribution in [3.63, 3.8) is 0 Å². The maximum Gasteiger partial charge on any atom is 0.455 e. The lowest BCUT2D eigenvalue weighted by Gasteiger charge is -2.20. The van der Waals surface area contributed by atoms with Gasteiger partial charge in [0.15, 0.2) is 0 Å². The van der Waals surface area contributed by atoms with Crippen LogP contribution in [0.3, 0.4) is 0 Å². The molecule has 1 atom stereocenters. The highest BCUT2D eigenvalue weighted by Crippen LogP contribution is 2.37. The van der Waals surface area contributed by atoms with Gasteiger partial charge < -0.3 is 4.57 Å². The van der Waals surface area contributed by atoms with Gasteiger partial charge in [0.05, 0.1) is 39.6 Å². The van der Waals surface area contributed by atoms with Crippen molar-refractivity contribution < 1.29 is 26.2 Å². The molecular formula is C17H14F5N3OS. The molecule has 3 heterocycles. The van der Waals surface area contributed by atoms with E-state index in [4.69, 9.17) is 0 Å². The van der Waals surface area contributed by atoms with Crippen LogP contribution in [-0.4, -0.2) is 36.6 Å². The van der Waals surface area contributed by atoms with Gasteiger partial charge in [0, 0.05) is 23.5 Å². The van der Waals surface area contributed by atoms with Crippen molar-refractivity contribution in [2.24, 2.45) is 0 Å². The summed E-state index contributed by atoms with van der Waals surface area (Å²) in [6.45, 7) is 0.222. The van der Waals surface area contributed by atoms with E-state index in [2.05, 4.69) is 9.97 Å². The second kappa shape index (κ2) is 6.99. The van der Waals surface area contributed by atoms with E-state index in [1.54, 1.807) is 19.1 Å². The van der Waals surface area contributed by atoms with Gasteiger partial charge in [-0.2, -0.15) is 22.0 Å². The van der Waals surface area contributed by atoms with Crippen molar-refractivity contribution in [1.29, 1.82) is 0 Å². The Morgan fingerprint density at radius 2 is 1.89 bits per heavy atom. The molecule has 144 valence electrons. The summed E-state index contributed by atoms with van der Waals surface area (Å²) in [5.74, 6) is -4.48. The number of fused-ring (bicyclic) bond motifs is 1. The summed E-state index contributed by atoms with van der Waals surface area (Å²) in [5, 5.41) is 0.428. The van der Waals surface area contributed by atoms with E-state index in [1.807, 2.05) is 0 Å². The largest absolute Gasteiger partial charge is 0.455 e. The third-order valence-electron chi connectivity index (χ3n) is 3.96. The van der Waals surface area contributed by atoms with E-state index in [9.17, 15) is 26.2 Å². The molecule has 0 aliphatic carbocycles. The average molecular weight is 403 g/mol. The van der Waals surface area contributed by atoms with E-state index < -0.39 is 29.4 Å². The Bertz CT molecular complexity index is 1000. The maximum atomic E-state index is 13.3.